The Labute approximate surface area is 211 Å². The molecule has 2 aliphatic heterocycles. The van der Waals surface area contributed by atoms with E-state index in [2.05, 4.69) is 16.7 Å². The van der Waals surface area contributed by atoms with Crippen LogP contribution in [0.4, 0.5) is 4.39 Å². The number of fused-ring (bicyclic) bond motifs is 2. The molecule has 2 aliphatic rings. The Hall–Kier alpha value is -3.92. The van der Waals surface area contributed by atoms with E-state index >= 15 is 0 Å². The molecule has 36 heavy (non-hydrogen) atoms. The summed E-state index contributed by atoms with van der Waals surface area (Å²) in [6.07, 6.45) is 2.94. The van der Waals surface area contributed by atoms with Crippen molar-refractivity contribution in [1.82, 2.24) is 24.6 Å². The number of ether oxygens (including phenoxy) is 1. The van der Waals surface area contributed by atoms with Crippen LogP contribution in [0.5, 0.6) is 11.5 Å². The summed E-state index contributed by atoms with van der Waals surface area (Å²) in [5.41, 5.74) is 1.22. The number of carbonyl (C=O) groups excluding carboxylic acids is 2. The monoisotopic (exact) mass is 511 g/mol. The number of benzene rings is 1. The molecule has 1 saturated heterocycles. The molecule has 9 nitrogen and oxygen atoms in total. The molecular weight excluding hydrogens is 489 g/mol. The predicted octanol–water partition coefficient (Wildman–Crippen LogP) is 3.19. The first-order valence-electron chi connectivity index (χ1n) is 11.3. The highest BCUT2D eigenvalue weighted by atomic mass is 35.5. The lowest BCUT2D eigenvalue weighted by atomic mass is 10.0. The number of hydrogen-bond donors (Lipinski definition) is 1. The van der Waals surface area contributed by atoms with Gasteiger partial charge >= 0.3 is 0 Å². The lowest BCUT2D eigenvalue weighted by molar-refractivity contribution is -0.128. The van der Waals surface area contributed by atoms with Crippen LogP contribution in [0, 0.1) is 12.7 Å². The van der Waals surface area contributed by atoms with Crippen molar-refractivity contribution in [2.75, 3.05) is 26.2 Å². The van der Waals surface area contributed by atoms with E-state index in [1.807, 2.05) is 0 Å². The van der Waals surface area contributed by atoms with E-state index in [1.54, 1.807) is 34.6 Å². The average Bonchev–Trinajstić information content (AvgIpc) is 3.11. The van der Waals surface area contributed by atoms with Crippen LogP contribution in [0.1, 0.15) is 16.1 Å². The van der Waals surface area contributed by atoms with Crippen molar-refractivity contribution in [3.8, 4) is 34.0 Å². The van der Waals surface area contributed by atoms with Crippen LogP contribution in [0.3, 0.4) is 0 Å². The molecule has 0 radical (unpaired) electrons. The standard InChI is InChI=1S/C25H23ClFN5O4/c1-4-18(34)31-8-9-32-14(10-31)12-36-24-20(25(32)35)22(15-11-30(3)29-13(15)2)28-23(21(24)26)19-16(27)6-5-7-17(19)33/h4-7,11,14,33H,1,8-10,12H2,2-3H3. The van der Waals surface area contributed by atoms with Crippen LogP contribution in [-0.2, 0) is 11.8 Å². The van der Waals surface area contributed by atoms with Crippen molar-refractivity contribution in [2.45, 2.75) is 13.0 Å². The highest BCUT2D eigenvalue weighted by Gasteiger charge is 2.40. The van der Waals surface area contributed by atoms with Crippen molar-refractivity contribution >= 4 is 23.4 Å². The van der Waals surface area contributed by atoms with E-state index in [0.717, 1.165) is 0 Å². The molecule has 1 unspecified atom stereocenters. The summed E-state index contributed by atoms with van der Waals surface area (Å²) in [6, 6.07) is 3.44. The van der Waals surface area contributed by atoms with Crippen molar-refractivity contribution in [1.29, 1.82) is 0 Å². The van der Waals surface area contributed by atoms with Crippen LogP contribution in [0.15, 0.2) is 37.1 Å². The number of aryl methyl sites for hydroxylation is 2. The molecule has 0 bridgehead atoms. The number of aromatic hydroxyl groups is 1. The Morgan fingerprint density at radius 1 is 1.31 bits per heavy atom. The molecule has 4 heterocycles. The first-order chi connectivity index (χ1) is 17.2. The van der Waals surface area contributed by atoms with E-state index in [-0.39, 0.29) is 70.5 Å². The number of pyridine rings is 1. The maximum Gasteiger partial charge on any atom is 0.260 e. The quantitative estimate of drug-likeness (QED) is 0.542. The Bertz CT molecular complexity index is 1400. The molecule has 5 rings (SSSR count). The lowest BCUT2D eigenvalue weighted by Gasteiger charge is -2.39. The first-order valence-corrected chi connectivity index (χ1v) is 11.7. The van der Waals surface area contributed by atoms with Crippen molar-refractivity contribution < 1.29 is 23.8 Å². The summed E-state index contributed by atoms with van der Waals surface area (Å²) in [5.74, 6) is -1.63. The Morgan fingerprint density at radius 3 is 2.75 bits per heavy atom. The average molecular weight is 512 g/mol. The molecule has 1 N–H and O–H groups in total. The third-order valence-electron chi connectivity index (χ3n) is 6.46. The lowest BCUT2D eigenvalue weighted by Crippen LogP contribution is -2.57. The number of nitrogens with zero attached hydrogens (tertiary/aromatic N) is 5. The summed E-state index contributed by atoms with van der Waals surface area (Å²) in [4.78, 5) is 34.0. The molecule has 0 aliphatic carbocycles. The van der Waals surface area contributed by atoms with Gasteiger partial charge in [-0.2, -0.15) is 5.10 Å². The molecular formula is C25H23ClFN5O4. The smallest absolute Gasteiger partial charge is 0.260 e. The van der Waals surface area contributed by atoms with Crippen molar-refractivity contribution in [2.24, 2.45) is 7.05 Å². The molecule has 1 fully saturated rings. The highest BCUT2D eigenvalue weighted by Crippen LogP contribution is 2.46. The normalized spacial score (nSPS) is 17.2. The third kappa shape index (κ3) is 3.78. The van der Waals surface area contributed by atoms with Gasteiger partial charge in [-0.3, -0.25) is 14.3 Å². The number of phenols is 1. The van der Waals surface area contributed by atoms with Gasteiger partial charge in [-0.15, -0.1) is 0 Å². The zero-order chi connectivity index (χ0) is 25.7. The van der Waals surface area contributed by atoms with Gasteiger partial charge < -0.3 is 19.6 Å². The van der Waals surface area contributed by atoms with Gasteiger partial charge in [0.25, 0.3) is 5.91 Å². The molecule has 1 atom stereocenters. The maximum absolute atomic E-state index is 14.9. The summed E-state index contributed by atoms with van der Waals surface area (Å²) in [5, 5.41) is 14.7. The molecule has 0 spiro atoms. The van der Waals surface area contributed by atoms with Gasteiger partial charge in [-0.25, -0.2) is 9.37 Å². The number of hydrogen-bond acceptors (Lipinski definition) is 6. The summed E-state index contributed by atoms with van der Waals surface area (Å²) >= 11 is 6.71. The zero-order valence-electron chi connectivity index (χ0n) is 19.7. The zero-order valence-corrected chi connectivity index (χ0v) is 20.4. The van der Waals surface area contributed by atoms with Crippen LogP contribution in [0.2, 0.25) is 5.02 Å². The molecule has 11 heteroatoms. The van der Waals surface area contributed by atoms with E-state index in [4.69, 9.17) is 16.3 Å². The minimum atomic E-state index is -0.728. The topological polar surface area (TPSA) is 101 Å². The number of halogens is 2. The predicted molar refractivity (Wildman–Crippen MR) is 130 cm³/mol. The van der Waals surface area contributed by atoms with Gasteiger partial charge in [0.15, 0.2) is 5.75 Å². The van der Waals surface area contributed by atoms with E-state index in [9.17, 15) is 19.1 Å². The van der Waals surface area contributed by atoms with Crippen LogP contribution < -0.4 is 4.74 Å². The Balaban J connectivity index is 1.73. The van der Waals surface area contributed by atoms with Gasteiger partial charge in [-0.05, 0) is 25.1 Å². The number of carbonyl (C=O) groups is 2. The van der Waals surface area contributed by atoms with Crippen LogP contribution >= 0.6 is 11.6 Å². The molecule has 1 aromatic carbocycles. The first kappa shape index (κ1) is 23.8. The highest BCUT2D eigenvalue weighted by molar-refractivity contribution is 6.35. The third-order valence-corrected chi connectivity index (χ3v) is 6.81. The van der Waals surface area contributed by atoms with E-state index < -0.39 is 11.9 Å². The molecule has 2 aromatic heterocycles. The Kier molecular flexibility index (Phi) is 5.91. The minimum Gasteiger partial charge on any atom is -0.507 e. The number of piperazine rings is 1. The number of rotatable bonds is 3. The summed E-state index contributed by atoms with van der Waals surface area (Å²) in [7, 11) is 1.74. The summed E-state index contributed by atoms with van der Waals surface area (Å²) < 4.78 is 22.6. The molecule has 186 valence electrons. The van der Waals surface area contributed by atoms with Gasteiger partial charge in [0.1, 0.15) is 34.5 Å². The fourth-order valence-corrected chi connectivity index (χ4v) is 5.02. The molecule has 0 saturated carbocycles. The molecule has 3 aromatic rings. The SMILES string of the molecule is C=CC(=O)N1CCN2C(=O)c3c(-c4cn(C)nc4C)nc(-c4c(O)cccc4F)c(Cl)c3OCC2C1. The second-order valence-electron chi connectivity index (χ2n) is 8.71. The second kappa shape index (κ2) is 8.94. The van der Waals surface area contributed by atoms with E-state index in [1.165, 1.54) is 24.3 Å². The summed E-state index contributed by atoms with van der Waals surface area (Å²) in [6.45, 7) is 6.24. The van der Waals surface area contributed by atoms with Crippen LogP contribution in [-0.4, -0.2) is 73.8 Å². The fourth-order valence-electron chi connectivity index (χ4n) is 4.73. The maximum atomic E-state index is 14.9. The van der Waals surface area contributed by atoms with Gasteiger partial charge in [-0.1, -0.05) is 24.2 Å². The van der Waals surface area contributed by atoms with Gasteiger partial charge in [0.2, 0.25) is 5.91 Å². The number of aromatic nitrogens is 3. The Morgan fingerprint density at radius 2 is 2.08 bits per heavy atom. The molecule has 2 amide bonds. The van der Waals surface area contributed by atoms with Crippen molar-refractivity contribution in [3.05, 3.63) is 59.1 Å². The van der Waals surface area contributed by atoms with Crippen LogP contribution in [0.25, 0.3) is 22.5 Å². The largest absolute Gasteiger partial charge is 0.507 e. The van der Waals surface area contributed by atoms with E-state index in [0.29, 0.717) is 17.8 Å². The second-order valence-corrected chi connectivity index (χ2v) is 9.09. The van der Waals surface area contributed by atoms with Crippen molar-refractivity contribution in [3.63, 3.8) is 0 Å². The number of amides is 2. The fraction of sp³-hybridized carbons (Fsp3) is 0.280. The minimum absolute atomic E-state index is 0.0450. The van der Waals surface area contributed by atoms with Gasteiger partial charge in [0.05, 0.1) is 23.0 Å². The van der Waals surface area contributed by atoms with Gasteiger partial charge in [0, 0.05) is 38.4 Å². The number of phenolic OH excluding ortho intramolecular Hbond substituents is 1.